The van der Waals surface area contributed by atoms with Gasteiger partial charge in [-0.05, 0) is 39.3 Å². The van der Waals surface area contributed by atoms with Gasteiger partial charge >= 0.3 is 11.9 Å². The van der Waals surface area contributed by atoms with Crippen LogP contribution in [0.5, 0.6) is 0 Å². The van der Waals surface area contributed by atoms with Crippen molar-refractivity contribution in [3.8, 4) is 0 Å². The topological polar surface area (TPSA) is 65.5 Å². The molecule has 0 N–H and O–H groups in total. The van der Waals surface area contributed by atoms with Crippen molar-refractivity contribution in [3.05, 3.63) is 29.1 Å². The van der Waals surface area contributed by atoms with E-state index in [1.807, 2.05) is 6.92 Å². The second kappa shape index (κ2) is 6.87. The zero-order valence-corrected chi connectivity index (χ0v) is 11.7. The average molecular weight is 265 g/mol. The van der Waals surface area contributed by atoms with Crippen LogP contribution in [0.3, 0.4) is 0 Å². The van der Waals surface area contributed by atoms with Crippen LogP contribution in [0.15, 0.2) is 12.1 Å². The summed E-state index contributed by atoms with van der Waals surface area (Å²) < 4.78 is 9.86. The van der Waals surface area contributed by atoms with Crippen molar-refractivity contribution in [1.82, 2.24) is 4.98 Å². The molecule has 1 aromatic heterocycles. The van der Waals surface area contributed by atoms with Gasteiger partial charge in [-0.1, -0.05) is 6.07 Å². The summed E-state index contributed by atoms with van der Waals surface area (Å²) in [7, 11) is 0. The molecule has 5 nitrogen and oxygen atoms in total. The molecule has 0 saturated heterocycles. The molecule has 0 fully saturated rings. The summed E-state index contributed by atoms with van der Waals surface area (Å²) in [5.74, 6) is -1.34. The van der Waals surface area contributed by atoms with E-state index in [1.165, 1.54) is 0 Å². The van der Waals surface area contributed by atoms with Crippen LogP contribution in [0.2, 0.25) is 0 Å². The van der Waals surface area contributed by atoms with E-state index in [2.05, 4.69) is 4.98 Å². The van der Waals surface area contributed by atoms with Gasteiger partial charge in [0.05, 0.1) is 24.8 Å². The third-order valence-corrected chi connectivity index (χ3v) is 2.67. The number of hydrogen-bond donors (Lipinski definition) is 0. The molecule has 1 rings (SSSR count). The van der Waals surface area contributed by atoms with Crippen LogP contribution in [0, 0.1) is 6.92 Å². The Hall–Kier alpha value is -1.91. The van der Waals surface area contributed by atoms with Crippen molar-refractivity contribution in [2.45, 2.75) is 33.6 Å². The van der Waals surface area contributed by atoms with Crippen LogP contribution in [0.25, 0.3) is 0 Å². The minimum atomic E-state index is -0.505. The number of esters is 2. The van der Waals surface area contributed by atoms with Crippen molar-refractivity contribution >= 4 is 11.9 Å². The summed E-state index contributed by atoms with van der Waals surface area (Å²) in [6.45, 7) is 7.64. The van der Waals surface area contributed by atoms with Gasteiger partial charge in [-0.2, -0.15) is 0 Å². The molecule has 0 radical (unpaired) electrons. The first-order valence-electron chi connectivity index (χ1n) is 6.32. The molecule has 0 bridgehead atoms. The van der Waals surface area contributed by atoms with E-state index in [0.717, 1.165) is 5.56 Å². The van der Waals surface area contributed by atoms with Crippen molar-refractivity contribution < 1.29 is 19.1 Å². The molecular weight excluding hydrogens is 246 g/mol. The molecule has 0 aliphatic carbocycles. The summed E-state index contributed by atoms with van der Waals surface area (Å²) in [6, 6.07) is 3.35. The number of carbonyl (C=O) groups excluding carboxylic acids is 2. The van der Waals surface area contributed by atoms with Crippen LogP contribution in [-0.4, -0.2) is 30.1 Å². The number of hydrogen-bond acceptors (Lipinski definition) is 5. The van der Waals surface area contributed by atoms with Crippen molar-refractivity contribution in [1.29, 1.82) is 0 Å². The Labute approximate surface area is 112 Å². The van der Waals surface area contributed by atoms with Gasteiger partial charge in [0.2, 0.25) is 0 Å². The zero-order chi connectivity index (χ0) is 14.4. The molecule has 0 spiro atoms. The first-order chi connectivity index (χ1) is 9.01. The Morgan fingerprint density at radius 2 is 1.84 bits per heavy atom. The van der Waals surface area contributed by atoms with E-state index in [0.29, 0.717) is 12.3 Å². The molecule has 1 aromatic rings. The molecule has 1 atom stereocenters. The number of rotatable bonds is 5. The molecule has 104 valence electrons. The normalized spacial score (nSPS) is 11.8. The monoisotopic (exact) mass is 265 g/mol. The van der Waals surface area contributed by atoms with Gasteiger partial charge in [-0.25, -0.2) is 9.78 Å². The number of ether oxygens (including phenoxy) is 2. The highest BCUT2D eigenvalue weighted by Crippen LogP contribution is 2.19. The molecular formula is C14H19NO4. The highest BCUT2D eigenvalue weighted by Gasteiger charge is 2.21. The van der Waals surface area contributed by atoms with Gasteiger partial charge in [0.15, 0.2) is 0 Å². The van der Waals surface area contributed by atoms with Crippen LogP contribution in [0.4, 0.5) is 0 Å². The third-order valence-electron chi connectivity index (χ3n) is 2.67. The maximum absolute atomic E-state index is 11.7. The van der Waals surface area contributed by atoms with Crippen LogP contribution in [0.1, 0.15) is 48.4 Å². The van der Waals surface area contributed by atoms with Crippen LogP contribution in [-0.2, 0) is 14.3 Å². The maximum Gasteiger partial charge on any atom is 0.356 e. The quantitative estimate of drug-likeness (QED) is 0.764. The van der Waals surface area contributed by atoms with Crippen molar-refractivity contribution in [2.75, 3.05) is 13.2 Å². The highest BCUT2D eigenvalue weighted by atomic mass is 16.5. The van der Waals surface area contributed by atoms with E-state index in [9.17, 15) is 9.59 Å². The van der Waals surface area contributed by atoms with Gasteiger partial charge < -0.3 is 9.47 Å². The lowest BCUT2D eigenvalue weighted by molar-refractivity contribution is -0.144. The first kappa shape index (κ1) is 15.1. The standard InChI is InChI=1S/C14H19NO4/c1-5-18-13(16)10(4)12-9(3)7-8-11(15-12)14(17)19-6-2/h7-8,10H,5-6H2,1-4H3. The number of pyridine rings is 1. The van der Waals surface area contributed by atoms with Crippen LogP contribution >= 0.6 is 0 Å². The SMILES string of the molecule is CCOC(=O)c1ccc(C)c(C(C)C(=O)OCC)n1. The van der Waals surface area contributed by atoms with E-state index in [-0.39, 0.29) is 18.3 Å². The Kier molecular flexibility index (Phi) is 5.48. The first-order valence-corrected chi connectivity index (χ1v) is 6.32. The number of carbonyl (C=O) groups is 2. The molecule has 5 heteroatoms. The fourth-order valence-electron chi connectivity index (χ4n) is 1.68. The largest absolute Gasteiger partial charge is 0.465 e. The molecule has 1 heterocycles. The summed E-state index contributed by atoms with van der Waals surface area (Å²) >= 11 is 0. The fourth-order valence-corrected chi connectivity index (χ4v) is 1.68. The number of aryl methyl sites for hydroxylation is 1. The zero-order valence-electron chi connectivity index (χ0n) is 11.7. The molecule has 0 aliphatic heterocycles. The molecule has 0 aromatic carbocycles. The van der Waals surface area contributed by atoms with Crippen LogP contribution < -0.4 is 0 Å². The molecule has 0 saturated carbocycles. The van der Waals surface area contributed by atoms with Gasteiger partial charge in [0.1, 0.15) is 5.69 Å². The van der Waals surface area contributed by atoms with Gasteiger partial charge in [-0.3, -0.25) is 4.79 Å². The molecule has 0 amide bonds. The third kappa shape index (κ3) is 3.77. The number of nitrogens with zero attached hydrogens (tertiary/aromatic N) is 1. The predicted octanol–water partition coefficient (Wildman–Crippen LogP) is 2.23. The highest BCUT2D eigenvalue weighted by molar-refractivity contribution is 5.87. The van der Waals surface area contributed by atoms with Crippen molar-refractivity contribution in [2.24, 2.45) is 0 Å². The van der Waals surface area contributed by atoms with E-state index in [1.54, 1.807) is 32.9 Å². The van der Waals surface area contributed by atoms with Gasteiger partial charge in [0.25, 0.3) is 0 Å². The van der Waals surface area contributed by atoms with Crippen molar-refractivity contribution in [3.63, 3.8) is 0 Å². The molecule has 1 unspecified atom stereocenters. The Bertz CT molecular complexity index is 471. The maximum atomic E-state index is 11.7. The Morgan fingerprint density at radius 1 is 1.21 bits per heavy atom. The fraction of sp³-hybridized carbons (Fsp3) is 0.500. The lowest BCUT2D eigenvalue weighted by Gasteiger charge is -2.13. The predicted molar refractivity (Wildman–Crippen MR) is 70.0 cm³/mol. The summed E-state index contributed by atoms with van der Waals surface area (Å²) in [4.78, 5) is 27.6. The van der Waals surface area contributed by atoms with E-state index >= 15 is 0 Å². The average Bonchev–Trinajstić information content (AvgIpc) is 2.39. The summed E-state index contributed by atoms with van der Waals surface area (Å²) in [6.07, 6.45) is 0. The minimum absolute atomic E-state index is 0.207. The Balaban J connectivity index is 3.03. The van der Waals surface area contributed by atoms with Gasteiger partial charge in [0, 0.05) is 0 Å². The smallest absolute Gasteiger partial charge is 0.356 e. The summed E-state index contributed by atoms with van der Waals surface area (Å²) in [5.41, 5.74) is 1.59. The minimum Gasteiger partial charge on any atom is -0.465 e. The lowest BCUT2D eigenvalue weighted by atomic mass is 10.0. The number of aromatic nitrogens is 1. The second-order valence-electron chi connectivity index (χ2n) is 4.09. The van der Waals surface area contributed by atoms with Gasteiger partial charge in [-0.15, -0.1) is 0 Å². The lowest BCUT2D eigenvalue weighted by Crippen LogP contribution is -2.17. The summed E-state index contributed by atoms with van der Waals surface area (Å²) in [5, 5.41) is 0. The van der Waals surface area contributed by atoms with E-state index in [4.69, 9.17) is 9.47 Å². The van der Waals surface area contributed by atoms with E-state index < -0.39 is 11.9 Å². The Morgan fingerprint density at radius 3 is 2.42 bits per heavy atom. The molecule has 0 aliphatic rings. The molecule has 19 heavy (non-hydrogen) atoms. The second-order valence-corrected chi connectivity index (χ2v) is 4.09.